The quantitative estimate of drug-likeness (QED) is 0.266. The zero-order valence-corrected chi connectivity index (χ0v) is 18.7. The second-order valence-electron chi connectivity index (χ2n) is 7.83. The monoisotopic (exact) mass is 424 g/mol. The molecule has 0 saturated carbocycles. The molecule has 2 N–H and O–H groups in total. The van der Waals surface area contributed by atoms with Crippen molar-refractivity contribution in [2.75, 3.05) is 17.2 Å². The minimum absolute atomic E-state index is 0.555. The number of benzene rings is 2. The molecule has 0 spiro atoms. The largest absolute Gasteiger partial charge is 0.494 e. The fraction of sp³-hybridized carbons (Fsp3) is 0.462. The Kier molecular flexibility index (Phi) is 11.9. The maximum Gasteiger partial charge on any atom is 0.314 e. The van der Waals surface area contributed by atoms with E-state index in [4.69, 9.17) is 4.74 Å². The van der Waals surface area contributed by atoms with Crippen molar-refractivity contribution in [3.05, 3.63) is 54.6 Å². The van der Waals surface area contributed by atoms with Gasteiger partial charge in [0.25, 0.3) is 0 Å². The summed E-state index contributed by atoms with van der Waals surface area (Å²) in [4.78, 5) is 24.0. The molecule has 31 heavy (non-hydrogen) atoms. The van der Waals surface area contributed by atoms with Gasteiger partial charge in [-0.15, -0.1) is 0 Å². The molecular weight excluding hydrogens is 388 g/mol. The molecule has 5 nitrogen and oxygen atoms in total. The molecule has 2 amide bonds. The van der Waals surface area contributed by atoms with E-state index in [2.05, 4.69) is 17.6 Å². The van der Waals surface area contributed by atoms with Crippen LogP contribution in [0.5, 0.6) is 5.75 Å². The van der Waals surface area contributed by atoms with Gasteiger partial charge in [0.2, 0.25) is 0 Å². The van der Waals surface area contributed by atoms with Crippen LogP contribution in [0, 0.1) is 0 Å². The molecule has 0 atom stereocenters. The van der Waals surface area contributed by atoms with E-state index in [0.29, 0.717) is 18.0 Å². The predicted molar refractivity (Wildman–Crippen MR) is 127 cm³/mol. The van der Waals surface area contributed by atoms with Gasteiger partial charge in [-0.05, 0) is 42.8 Å². The van der Waals surface area contributed by atoms with Crippen LogP contribution >= 0.6 is 0 Å². The summed E-state index contributed by atoms with van der Waals surface area (Å²) >= 11 is 0. The van der Waals surface area contributed by atoms with Crippen molar-refractivity contribution in [3.8, 4) is 5.75 Å². The number of rotatable bonds is 14. The summed E-state index contributed by atoms with van der Waals surface area (Å²) in [5.41, 5.74) is 1.14. The lowest BCUT2D eigenvalue weighted by Crippen LogP contribution is -2.29. The SMILES string of the molecule is CCCCCCCCCCCCOc1ccc(NC(=O)C(=O)Nc2ccccc2)cc1. The van der Waals surface area contributed by atoms with Gasteiger partial charge < -0.3 is 15.4 Å². The number of unbranched alkanes of at least 4 members (excludes halogenated alkanes) is 9. The third-order valence-corrected chi connectivity index (χ3v) is 5.12. The molecule has 0 radical (unpaired) electrons. The summed E-state index contributed by atoms with van der Waals surface area (Å²) in [5, 5.41) is 5.16. The Morgan fingerprint density at radius 1 is 0.645 bits per heavy atom. The highest BCUT2D eigenvalue weighted by atomic mass is 16.5. The number of para-hydroxylation sites is 1. The maximum atomic E-state index is 12.0. The average Bonchev–Trinajstić information content (AvgIpc) is 2.79. The van der Waals surface area contributed by atoms with Crippen molar-refractivity contribution in [2.45, 2.75) is 71.1 Å². The lowest BCUT2D eigenvalue weighted by molar-refractivity contribution is -0.132. The molecule has 0 heterocycles. The lowest BCUT2D eigenvalue weighted by atomic mass is 10.1. The van der Waals surface area contributed by atoms with Crippen molar-refractivity contribution < 1.29 is 14.3 Å². The minimum atomic E-state index is -0.706. The van der Waals surface area contributed by atoms with Crippen molar-refractivity contribution in [1.82, 2.24) is 0 Å². The van der Waals surface area contributed by atoms with Gasteiger partial charge in [-0.2, -0.15) is 0 Å². The third-order valence-electron chi connectivity index (χ3n) is 5.12. The van der Waals surface area contributed by atoms with Crippen LogP contribution in [0.4, 0.5) is 11.4 Å². The Labute approximate surface area is 186 Å². The first kappa shape index (κ1) is 24.4. The molecule has 2 rings (SSSR count). The molecule has 0 aliphatic heterocycles. The molecule has 2 aromatic carbocycles. The van der Waals surface area contributed by atoms with Crippen molar-refractivity contribution in [1.29, 1.82) is 0 Å². The minimum Gasteiger partial charge on any atom is -0.494 e. The van der Waals surface area contributed by atoms with Gasteiger partial charge >= 0.3 is 11.8 Å². The van der Waals surface area contributed by atoms with Crippen LogP contribution in [0.2, 0.25) is 0 Å². The smallest absolute Gasteiger partial charge is 0.314 e. The molecule has 2 aromatic rings. The van der Waals surface area contributed by atoms with E-state index in [1.54, 1.807) is 48.5 Å². The normalized spacial score (nSPS) is 10.5. The van der Waals surface area contributed by atoms with E-state index in [1.807, 2.05) is 6.07 Å². The molecule has 0 saturated heterocycles. The average molecular weight is 425 g/mol. The highest BCUT2D eigenvalue weighted by Gasteiger charge is 2.13. The highest BCUT2D eigenvalue weighted by molar-refractivity contribution is 6.43. The molecule has 0 aromatic heterocycles. The Balaban J connectivity index is 1.56. The second-order valence-corrected chi connectivity index (χ2v) is 7.83. The zero-order chi connectivity index (χ0) is 22.2. The standard InChI is InChI=1S/C26H36N2O3/c1-2-3-4-5-6-7-8-9-10-14-21-31-24-19-17-23(18-20-24)28-26(30)25(29)27-22-15-12-11-13-16-22/h11-13,15-20H,2-10,14,21H2,1H3,(H,27,29)(H,28,30). The van der Waals surface area contributed by atoms with Gasteiger partial charge in [-0.1, -0.05) is 82.9 Å². The number of hydrogen-bond acceptors (Lipinski definition) is 3. The van der Waals surface area contributed by atoms with Gasteiger partial charge in [0.1, 0.15) is 5.75 Å². The fourth-order valence-corrected chi connectivity index (χ4v) is 3.31. The summed E-state index contributed by atoms with van der Waals surface area (Å²) in [7, 11) is 0. The van der Waals surface area contributed by atoms with Crippen molar-refractivity contribution in [2.24, 2.45) is 0 Å². The first-order valence-electron chi connectivity index (χ1n) is 11.6. The number of anilines is 2. The molecule has 0 aliphatic carbocycles. The Morgan fingerprint density at radius 3 is 1.68 bits per heavy atom. The zero-order valence-electron chi connectivity index (χ0n) is 18.7. The van der Waals surface area contributed by atoms with Crippen LogP contribution in [0.25, 0.3) is 0 Å². The Bertz CT molecular complexity index is 760. The van der Waals surface area contributed by atoms with Crippen molar-refractivity contribution in [3.63, 3.8) is 0 Å². The second kappa shape index (κ2) is 15.1. The number of amides is 2. The maximum absolute atomic E-state index is 12.0. The van der Waals surface area contributed by atoms with Gasteiger partial charge in [-0.25, -0.2) is 0 Å². The Morgan fingerprint density at radius 2 is 1.13 bits per heavy atom. The molecule has 0 unspecified atom stereocenters. The van der Waals surface area contributed by atoms with Crippen LogP contribution < -0.4 is 15.4 Å². The summed E-state index contributed by atoms with van der Waals surface area (Å²) in [6, 6.07) is 16.0. The summed E-state index contributed by atoms with van der Waals surface area (Å²) in [6.07, 6.45) is 13.0. The van der Waals surface area contributed by atoms with Crippen LogP contribution in [-0.2, 0) is 9.59 Å². The van der Waals surface area contributed by atoms with E-state index >= 15 is 0 Å². The summed E-state index contributed by atoms with van der Waals surface area (Å²) in [6.45, 7) is 2.95. The molecular formula is C26H36N2O3. The van der Waals surface area contributed by atoms with Gasteiger partial charge in [0, 0.05) is 11.4 Å². The predicted octanol–water partition coefficient (Wildman–Crippen LogP) is 6.56. The third kappa shape index (κ3) is 10.7. The number of nitrogens with one attached hydrogen (secondary N) is 2. The fourth-order valence-electron chi connectivity index (χ4n) is 3.31. The van der Waals surface area contributed by atoms with Crippen LogP contribution in [0.3, 0.4) is 0 Å². The van der Waals surface area contributed by atoms with Crippen molar-refractivity contribution >= 4 is 23.2 Å². The first-order valence-corrected chi connectivity index (χ1v) is 11.6. The first-order chi connectivity index (χ1) is 15.2. The van der Waals surface area contributed by atoms with E-state index in [-0.39, 0.29) is 0 Å². The van der Waals surface area contributed by atoms with E-state index in [9.17, 15) is 9.59 Å². The number of hydrogen-bond donors (Lipinski definition) is 2. The van der Waals surface area contributed by atoms with Crippen LogP contribution in [-0.4, -0.2) is 18.4 Å². The number of carbonyl (C=O) groups excluding carboxylic acids is 2. The molecule has 0 bridgehead atoms. The van der Waals surface area contributed by atoms with E-state index < -0.39 is 11.8 Å². The van der Waals surface area contributed by atoms with Crippen LogP contribution in [0.15, 0.2) is 54.6 Å². The summed E-state index contributed by atoms with van der Waals surface area (Å²) in [5.74, 6) is -0.641. The van der Waals surface area contributed by atoms with E-state index in [1.165, 1.54) is 57.8 Å². The summed E-state index contributed by atoms with van der Waals surface area (Å²) < 4.78 is 5.77. The number of carbonyl (C=O) groups is 2. The molecule has 0 aliphatic rings. The molecule has 5 heteroatoms. The van der Waals surface area contributed by atoms with Gasteiger partial charge in [0.15, 0.2) is 0 Å². The topological polar surface area (TPSA) is 67.4 Å². The molecule has 168 valence electrons. The highest BCUT2D eigenvalue weighted by Crippen LogP contribution is 2.17. The van der Waals surface area contributed by atoms with Crippen LogP contribution in [0.1, 0.15) is 71.1 Å². The van der Waals surface area contributed by atoms with Gasteiger partial charge in [-0.3, -0.25) is 9.59 Å². The van der Waals surface area contributed by atoms with E-state index in [0.717, 1.165) is 12.2 Å². The molecule has 0 fully saturated rings. The Hall–Kier alpha value is -2.82. The number of ether oxygens (including phenoxy) is 1. The lowest BCUT2D eigenvalue weighted by Gasteiger charge is -2.09. The van der Waals surface area contributed by atoms with Gasteiger partial charge in [0.05, 0.1) is 6.61 Å².